The summed E-state index contributed by atoms with van der Waals surface area (Å²) in [4.78, 5) is 14.8. The van der Waals surface area contributed by atoms with Gasteiger partial charge < -0.3 is 19.5 Å². The van der Waals surface area contributed by atoms with E-state index in [0.29, 0.717) is 37.5 Å². The first-order valence-corrected chi connectivity index (χ1v) is 12.6. The lowest BCUT2D eigenvalue weighted by Gasteiger charge is -2.23. The fraction of sp³-hybridized carbons (Fsp3) is 0.375. The van der Waals surface area contributed by atoms with Gasteiger partial charge in [0.15, 0.2) is 0 Å². The van der Waals surface area contributed by atoms with Crippen molar-refractivity contribution < 1.29 is 17.9 Å². The first kappa shape index (κ1) is 23.1. The summed E-state index contributed by atoms with van der Waals surface area (Å²) in [5.74, 6) is 0.584. The number of aromatic nitrogens is 1. The summed E-state index contributed by atoms with van der Waals surface area (Å²) in [5.41, 5.74) is 2.62. The maximum absolute atomic E-state index is 13.3. The molecule has 0 aliphatic carbocycles. The molecule has 33 heavy (non-hydrogen) atoms. The minimum absolute atomic E-state index is 0.245. The highest BCUT2D eigenvalue weighted by Crippen LogP contribution is 2.26. The highest BCUT2D eigenvalue weighted by molar-refractivity contribution is 7.89. The highest BCUT2D eigenvalue weighted by Gasteiger charge is 2.29. The number of nitrogens with one attached hydrogen (secondary N) is 1. The molecule has 1 fully saturated rings. The molecule has 0 saturated carbocycles. The number of sulfonamides is 1. The number of fused-ring (bicyclic) bond motifs is 1. The number of carbonyl (C=O) groups is 1. The number of amides is 2. The van der Waals surface area contributed by atoms with Crippen molar-refractivity contribution in [3.8, 4) is 5.75 Å². The second kappa shape index (κ2) is 9.44. The van der Waals surface area contributed by atoms with Crippen molar-refractivity contribution in [2.45, 2.75) is 31.7 Å². The van der Waals surface area contributed by atoms with Crippen molar-refractivity contribution in [2.24, 2.45) is 0 Å². The first-order valence-electron chi connectivity index (χ1n) is 11.1. The van der Waals surface area contributed by atoms with E-state index in [1.54, 1.807) is 24.1 Å². The molecule has 2 aromatic carbocycles. The molecule has 0 bridgehead atoms. The third kappa shape index (κ3) is 4.69. The molecule has 176 valence electrons. The standard InChI is InChI=1S/C24H30N4O4S/c1-4-26-13-10-19-17-20(7-8-22(19)26)33(30,31)28-12-5-11-27(14-15-28)24(29)25-21-16-18(2)6-9-23(21)32-3/h6-10,13,16-17H,4-5,11-12,14-15H2,1-3H3,(H,25,29). The molecule has 4 rings (SSSR count). The molecule has 0 unspecified atom stereocenters. The summed E-state index contributed by atoms with van der Waals surface area (Å²) >= 11 is 0. The zero-order valence-electron chi connectivity index (χ0n) is 19.2. The minimum Gasteiger partial charge on any atom is -0.495 e. The lowest BCUT2D eigenvalue weighted by Crippen LogP contribution is -2.39. The van der Waals surface area contributed by atoms with Crippen LogP contribution in [0.2, 0.25) is 0 Å². The molecular formula is C24H30N4O4S. The van der Waals surface area contributed by atoms with E-state index in [1.807, 2.05) is 43.5 Å². The van der Waals surface area contributed by atoms with Crippen LogP contribution in [0.3, 0.4) is 0 Å². The quantitative estimate of drug-likeness (QED) is 0.613. The number of aryl methyl sites for hydroxylation is 2. The number of anilines is 1. The van der Waals surface area contributed by atoms with Crippen LogP contribution in [0, 0.1) is 6.92 Å². The molecule has 1 saturated heterocycles. The number of hydrogen-bond acceptors (Lipinski definition) is 4. The highest BCUT2D eigenvalue weighted by atomic mass is 32.2. The van der Waals surface area contributed by atoms with E-state index < -0.39 is 10.0 Å². The Morgan fingerprint density at radius 3 is 2.64 bits per heavy atom. The molecule has 1 aliphatic heterocycles. The number of ether oxygens (including phenoxy) is 1. The van der Waals surface area contributed by atoms with E-state index in [-0.39, 0.29) is 17.5 Å². The van der Waals surface area contributed by atoms with Crippen LogP contribution in [-0.4, -0.2) is 61.5 Å². The van der Waals surface area contributed by atoms with E-state index in [1.165, 1.54) is 4.31 Å². The van der Waals surface area contributed by atoms with E-state index in [2.05, 4.69) is 16.8 Å². The molecule has 0 radical (unpaired) electrons. The number of nitrogens with zero attached hydrogens (tertiary/aromatic N) is 3. The number of benzene rings is 2. The van der Waals surface area contributed by atoms with Gasteiger partial charge in [0.05, 0.1) is 17.7 Å². The summed E-state index contributed by atoms with van der Waals surface area (Å²) in [5, 5.41) is 3.81. The van der Waals surface area contributed by atoms with Gasteiger partial charge in [-0.15, -0.1) is 0 Å². The summed E-state index contributed by atoms with van der Waals surface area (Å²) < 4.78 is 35.6. The SMILES string of the molecule is CCn1ccc2cc(S(=O)(=O)N3CCCN(C(=O)Nc4cc(C)ccc4OC)CC3)ccc21. The van der Waals surface area contributed by atoms with Gasteiger partial charge in [0.25, 0.3) is 0 Å². The van der Waals surface area contributed by atoms with Gasteiger partial charge in [0.2, 0.25) is 10.0 Å². The Kier molecular flexibility index (Phi) is 6.62. The Labute approximate surface area is 194 Å². The molecule has 8 nitrogen and oxygen atoms in total. The maximum atomic E-state index is 13.3. The van der Waals surface area contributed by atoms with E-state index in [9.17, 15) is 13.2 Å². The van der Waals surface area contributed by atoms with Crippen molar-refractivity contribution in [1.29, 1.82) is 0 Å². The van der Waals surface area contributed by atoms with Crippen molar-refractivity contribution >= 4 is 32.6 Å². The largest absolute Gasteiger partial charge is 0.495 e. The second-order valence-electron chi connectivity index (χ2n) is 8.20. The zero-order valence-corrected chi connectivity index (χ0v) is 20.1. The first-order chi connectivity index (χ1) is 15.8. The Hall–Kier alpha value is -3.04. The number of methoxy groups -OCH3 is 1. The van der Waals surface area contributed by atoms with Crippen LogP contribution in [0.25, 0.3) is 10.9 Å². The van der Waals surface area contributed by atoms with Crippen LogP contribution in [0.5, 0.6) is 5.75 Å². The average Bonchev–Trinajstić information content (AvgIpc) is 3.04. The third-order valence-corrected chi connectivity index (χ3v) is 7.95. The van der Waals surface area contributed by atoms with Crippen LogP contribution in [-0.2, 0) is 16.6 Å². The van der Waals surface area contributed by atoms with Gasteiger partial charge >= 0.3 is 6.03 Å². The molecule has 1 aromatic heterocycles. The molecule has 1 N–H and O–H groups in total. The lowest BCUT2D eigenvalue weighted by molar-refractivity contribution is 0.214. The zero-order chi connectivity index (χ0) is 23.6. The number of carbonyl (C=O) groups excluding carboxylic acids is 1. The summed E-state index contributed by atoms with van der Waals surface area (Å²) in [7, 11) is -2.09. The predicted octanol–water partition coefficient (Wildman–Crippen LogP) is 3.91. The molecular weight excluding hydrogens is 440 g/mol. The maximum Gasteiger partial charge on any atom is 0.321 e. The van der Waals surface area contributed by atoms with Gasteiger partial charge in [0.1, 0.15) is 5.75 Å². The van der Waals surface area contributed by atoms with E-state index in [0.717, 1.165) is 23.0 Å². The molecule has 2 heterocycles. The van der Waals surface area contributed by atoms with Crippen LogP contribution >= 0.6 is 0 Å². The van der Waals surface area contributed by atoms with Crippen LogP contribution < -0.4 is 10.1 Å². The minimum atomic E-state index is -3.65. The van der Waals surface area contributed by atoms with Crippen LogP contribution in [0.15, 0.2) is 53.6 Å². The summed E-state index contributed by atoms with van der Waals surface area (Å²) in [6, 6.07) is 12.5. The Morgan fingerprint density at radius 2 is 1.88 bits per heavy atom. The normalized spacial score (nSPS) is 15.4. The van der Waals surface area contributed by atoms with Gasteiger partial charge in [-0.1, -0.05) is 6.07 Å². The molecule has 1 aliphatic rings. The molecule has 0 atom stereocenters. The topological polar surface area (TPSA) is 83.9 Å². The Balaban J connectivity index is 1.47. The smallest absolute Gasteiger partial charge is 0.321 e. The van der Waals surface area contributed by atoms with Crippen LogP contribution in [0.1, 0.15) is 18.9 Å². The summed E-state index contributed by atoms with van der Waals surface area (Å²) in [6.07, 6.45) is 2.53. The van der Waals surface area contributed by atoms with Crippen molar-refractivity contribution in [2.75, 3.05) is 38.6 Å². The van der Waals surface area contributed by atoms with Crippen molar-refractivity contribution in [3.05, 3.63) is 54.2 Å². The number of urea groups is 1. The Bertz CT molecular complexity index is 1270. The fourth-order valence-corrected chi connectivity index (χ4v) is 5.72. The van der Waals surface area contributed by atoms with Gasteiger partial charge in [-0.3, -0.25) is 0 Å². The van der Waals surface area contributed by atoms with Gasteiger partial charge in [-0.2, -0.15) is 4.31 Å². The number of hydrogen-bond donors (Lipinski definition) is 1. The number of rotatable bonds is 5. The molecule has 3 aromatic rings. The monoisotopic (exact) mass is 470 g/mol. The molecule has 2 amide bonds. The molecule has 0 spiro atoms. The Morgan fingerprint density at radius 1 is 1.06 bits per heavy atom. The second-order valence-corrected chi connectivity index (χ2v) is 10.1. The lowest BCUT2D eigenvalue weighted by atomic mass is 10.2. The average molecular weight is 471 g/mol. The summed E-state index contributed by atoms with van der Waals surface area (Å²) in [6.45, 7) is 6.23. The van der Waals surface area contributed by atoms with Crippen LogP contribution in [0.4, 0.5) is 10.5 Å². The van der Waals surface area contributed by atoms with Crippen molar-refractivity contribution in [1.82, 2.24) is 13.8 Å². The fourth-order valence-electron chi connectivity index (χ4n) is 4.21. The predicted molar refractivity (Wildman–Crippen MR) is 129 cm³/mol. The van der Waals surface area contributed by atoms with Crippen molar-refractivity contribution in [3.63, 3.8) is 0 Å². The van der Waals surface area contributed by atoms with E-state index >= 15 is 0 Å². The third-order valence-electron chi connectivity index (χ3n) is 6.06. The van der Waals surface area contributed by atoms with Gasteiger partial charge in [0, 0.05) is 49.8 Å². The van der Waals surface area contributed by atoms with E-state index in [4.69, 9.17) is 4.74 Å². The van der Waals surface area contributed by atoms with Gasteiger partial charge in [-0.25, -0.2) is 13.2 Å². The van der Waals surface area contributed by atoms with Gasteiger partial charge in [-0.05, 0) is 62.2 Å². The molecule has 9 heteroatoms.